The van der Waals surface area contributed by atoms with Crippen LogP contribution in [-0.2, 0) is 0 Å². The molecule has 0 aliphatic heterocycles. The van der Waals surface area contributed by atoms with Gasteiger partial charge in [0.15, 0.2) is 17.3 Å². The summed E-state index contributed by atoms with van der Waals surface area (Å²) in [6.45, 7) is 0. The average molecular weight is 275 g/mol. The number of halogens is 1. The highest BCUT2D eigenvalue weighted by Gasteiger charge is 2.16. The molecule has 0 atom stereocenters. The van der Waals surface area contributed by atoms with Gasteiger partial charge in [-0.2, -0.15) is 0 Å². The molecule has 4 nitrogen and oxygen atoms in total. The minimum absolute atomic E-state index is 0.0357. The molecule has 2 N–H and O–H groups in total. The second kappa shape index (κ2) is 5.61. The number of nitrogen functional groups attached to an aromatic ring is 1. The fourth-order valence-corrected chi connectivity index (χ4v) is 1.85. The zero-order chi connectivity index (χ0) is 14.7. The lowest BCUT2D eigenvalue weighted by atomic mass is 10.0. The van der Waals surface area contributed by atoms with E-state index in [1.807, 2.05) is 0 Å². The van der Waals surface area contributed by atoms with Gasteiger partial charge in [-0.15, -0.1) is 0 Å². The molecule has 0 aromatic heterocycles. The number of anilines is 1. The van der Waals surface area contributed by atoms with Crippen LogP contribution >= 0.6 is 0 Å². The first-order chi connectivity index (χ1) is 9.56. The summed E-state index contributed by atoms with van der Waals surface area (Å²) in [4.78, 5) is 12.3. The van der Waals surface area contributed by atoms with Gasteiger partial charge in [0.05, 0.1) is 19.8 Å². The molecule has 0 aliphatic rings. The number of benzene rings is 2. The summed E-state index contributed by atoms with van der Waals surface area (Å²) in [6, 6.07) is 8.63. The van der Waals surface area contributed by atoms with Crippen LogP contribution in [0.2, 0.25) is 0 Å². The number of carbonyl (C=O) groups excluding carboxylic acids is 1. The Balaban J connectivity index is 2.43. The number of hydrogen-bond donors (Lipinski definition) is 1. The molecule has 0 heterocycles. The molecule has 0 radical (unpaired) electrons. The van der Waals surface area contributed by atoms with Gasteiger partial charge in [0.25, 0.3) is 0 Å². The van der Waals surface area contributed by atoms with Gasteiger partial charge in [0.1, 0.15) is 5.82 Å². The second-order valence-electron chi connectivity index (χ2n) is 4.14. The Kier molecular flexibility index (Phi) is 3.89. The van der Waals surface area contributed by atoms with Crippen molar-refractivity contribution >= 4 is 11.5 Å². The van der Waals surface area contributed by atoms with E-state index >= 15 is 0 Å². The van der Waals surface area contributed by atoms with Crippen LogP contribution in [-0.4, -0.2) is 20.0 Å². The molecule has 0 saturated heterocycles. The maximum Gasteiger partial charge on any atom is 0.196 e. The molecule has 0 spiro atoms. The van der Waals surface area contributed by atoms with Crippen molar-refractivity contribution in [2.24, 2.45) is 0 Å². The molecule has 5 heteroatoms. The van der Waals surface area contributed by atoms with Gasteiger partial charge in [-0.3, -0.25) is 4.79 Å². The van der Waals surface area contributed by atoms with Crippen molar-refractivity contribution in [2.45, 2.75) is 0 Å². The van der Waals surface area contributed by atoms with E-state index in [-0.39, 0.29) is 11.3 Å². The summed E-state index contributed by atoms with van der Waals surface area (Å²) in [5.74, 6) is -0.177. The summed E-state index contributed by atoms with van der Waals surface area (Å²) >= 11 is 0. The normalized spacial score (nSPS) is 10.2. The standard InChI is InChI=1S/C15H14FNO3/c1-19-13-6-3-9(7-14(13)20-2)15(18)11-5-4-10(17)8-12(11)16/h3-8H,17H2,1-2H3. The molecule has 20 heavy (non-hydrogen) atoms. The number of rotatable bonds is 4. The monoisotopic (exact) mass is 275 g/mol. The van der Waals surface area contributed by atoms with E-state index in [2.05, 4.69) is 0 Å². The number of ether oxygens (including phenoxy) is 2. The van der Waals surface area contributed by atoms with Crippen LogP contribution in [0.1, 0.15) is 15.9 Å². The van der Waals surface area contributed by atoms with E-state index in [1.54, 1.807) is 12.1 Å². The summed E-state index contributed by atoms with van der Waals surface area (Å²) in [5, 5.41) is 0. The van der Waals surface area contributed by atoms with Crippen LogP contribution in [0.4, 0.5) is 10.1 Å². The smallest absolute Gasteiger partial charge is 0.196 e. The number of ketones is 1. The lowest BCUT2D eigenvalue weighted by molar-refractivity contribution is 0.103. The highest BCUT2D eigenvalue weighted by molar-refractivity contribution is 6.09. The Bertz CT molecular complexity index is 656. The van der Waals surface area contributed by atoms with E-state index in [0.29, 0.717) is 17.1 Å². The summed E-state index contributed by atoms with van der Waals surface area (Å²) < 4.78 is 24.0. The molecule has 2 aromatic rings. The Morgan fingerprint density at radius 3 is 2.35 bits per heavy atom. The minimum atomic E-state index is -0.648. The molecule has 2 rings (SSSR count). The Labute approximate surface area is 115 Å². The van der Waals surface area contributed by atoms with Crippen LogP contribution in [0.3, 0.4) is 0 Å². The maximum absolute atomic E-state index is 13.8. The molecular weight excluding hydrogens is 261 g/mol. The van der Waals surface area contributed by atoms with Crippen molar-refractivity contribution in [3.63, 3.8) is 0 Å². The van der Waals surface area contributed by atoms with Crippen molar-refractivity contribution in [1.29, 1.82) is 0 Å². The molecular formula is C15H14FNO3. The van der Waals surface area contributed by atoms with E-state index in [0.717, 1.165) is 6.07 Å². The van der Waals surface area contributed by atoms with Gasteiger partial charge in [0.2, 0.25) is 0 Å². The molecule has 0 aliphatic carbocycles. The highest BCUT2D eigenvalue weighted by atomic mass is 19.1. The first-order valence-electron chi connectivity index (χ1n) is 5.88. The highest BCUT2D eigenvalue weighted by Crippen LogP contribution is 2.29. The fraction of sp³-hybridized carbons (Fsp3) is 0.133. The number of methoxy groups -OCH3 is 2. The molecule has 2 aromatic carbocycles. The lowest BCUT2D eigenvalue weighted by Crippen LogP contribution is -2.05. The van der Waals surface area contributed by atoms with E-state index in [1.165, 1.54) is 32.4 Å². The van der Waals surface area contributed by atoms with E-state index in [9.17, 15) is 9.18 Å². The third-order valence-corrected chi connectivity index (χ3v) is 2.88. The van der Waals surface area contributed by atoms with Gasteiger partial charge in [-0.1, -0.05) is 0 Å². The zero-order valence-electron chi connectivity index (χ0n) is 11.1. The third kappa shape index (κ3) is 2.56. The molecule has 0 amide bonds. The van der Waals surface area contributed by atoms with Crippen molar-refractivity contribution in [3.05, 3.63) is 53.3 Å². The van der Waals surface area contributed by atoms with Gasteiger partial charge in [-0.25, -0.2) is 4.39 Å². The maximum atomic E-state index is 13.8. The predicted molar refractivity (Wildman–Crippen MR) is 73.8 cm³/mol. The third-order valence-electron chi connectivity index (χ3n) is 2.88. The second-order valence-corrected chi connectivity index (χ2v) is 4.14. The summed E-state index contributed by atoms with van der Waals surface area (Å²) in [7, 11) is 2.97. The Hall–Kier alpha value is -2.56. The predicted octanol–water partition coefficient (Wildman–Crippen LogP) is 2.66. The van der Waals surface area contributed by atoms with Gasteiger partial charge in [0, 0.05) is 11.3 Å². The largest absolute Gasteiger partial charge is 0.493 e. The number of carbonyl (C=O) groups is 1. The SMILES string of the molecule is COc1ccc(C(=O)c2ccc(N)cc2F)cc1OC. The average Bonchev–Trinajstić information content (AvgIpc) is 2.45. The van der Waals surface area contributed by atoms with Gasteiger partial charge < -0.3 is 15.2 Å². The summed E-state index contributed by atoms with van der Waals surface area (Å²) in [5.41, 5.74) is 6.01. The fourth-order valence-electron chi connectivity index (χ4n) is 1.85. The Morgan fingerprint density at radius 1 is 1.05 bits per heavy atom. The lowest BCUT2D eigenvalue weighted by Gasteiger charge is -2.09. The number of hydrogen-bond acceptors (Lipinski definition) is 4. The molecule has 104 valence electrons. The van der Waals surface area contributed by atoms with Crippen LogP contribution in [0.25, 0.3) is 0 Å². The first-order valence-corrected chi connectivity index (χ1v) is 5.88. The minimum Gasteiger partial charge on any atom is -0.493 e. The summed E-state index contributed by atoms with van der Waals surface area (Å²) in [6.07, 6.45) is 0. The van der Waals surface area contributed by atoms with Crippen LogP contribution in [0.5, 0.6) is 11.5 Å². The first kappa shape index (κ1) is 13.9. The van der Waals surface area contributed by atoms with Crippen molar-refractivity contribution in [3.8, 4) is 11.5 Å². The molecule has 0 fully saturated rings. The zero-order valence-corrected chi connectivity index (χ0v) is 11.1. The van der Waals surface area contributed by atoms with Crippen molar-refractivity contribution in [2.75, 3.05) is 20.0 Å². The molecule has 0 unspecified atom stereocenters. The van der Waals surface area contributed by atoms with Crippen LogP contribution < -0.4 is 15.2 Å². The molecule has 0 bridgehead atoms. The Morgan fingerprint density at radius 2 is 1.75 bits per heavy atom. The molecule has 0 saturated carbocycles. The van der Waals surface area contributed by atoms with Crippen LogP contribution in [0, 0.1) is 5.82 Å². The van der Waals surface area contributed by atoms with Crippen molar-refractivity contribution < 1.29 is 18.7 Å². The van der Waals surface area contributed by atoms with E-state index < -0.39 is 11.6 Å². The van der Waals surface area contributed by atoms with Gasteiger partial charge in [-0.05, 0) is 36.4 Å². The van der Waals surface area contributed by atoms with E-state index in [4.69, 9.17) is 15.2 Å². The van der Waals surface area contributed by atoms with Gasteiger partial charge >= 0.3 is 0 Å². The topological polar surface area (TPSA) is 61.5 Å². The quantitative estimate of drug-likeness (QED) is 0.688. The number of nitrogens with two attached hydrogens (primary N) is 1. The van der Waals surface area contributed by atoms with Crippen molar-refractivity contribution in [1.82, 2.24) is 0 Å². The van der Waals surface area contributed by atoms with Crippen LogP contribution in [0.15, 0.2) is 36.4 Å².